The number of benzene rings is 1. The third-order valence-electron chi connectivity index (χ3n) is 1.94. The first kappa shape index (κ1) is 8.44. The lowest BCUT2D eigenvalue weighted by Crippen LogP contribution is -2.26. The van der Waals surface area contributed by atoms with Crippen LogP contribution in [0.5, 0.6) is 0 Å². The van der Waals surface area contributed by atoms with Gasteiger partial charge in [-0.25, -0.2) is 0 Å². The number of anilines is 2. The number of rotatable bonds is 0. The first-order valence-corrected chi connectivity index (χ1v) is 4.92. The number of nitrogens with two attached hydrogens (primary N) is 1. The zero-order chi connectivity index (χ0) is 9.42. The van der Waals surface area contributed by atoms with Crippen LogP contribution < -0.4 is 11.1 Å². The molecule has 1 aromatic rings. The summed E-state index contributed by atoms with van der Waals surface area (Å²) in [5.41, 5.74) is 7.23. The van der Waals surface area contributed by atoms with Crippen LogP contribution in [0.1, 0.15) is 6.92 Å². The van der Waals surface area contributed by atoms with Crippen LogP contribution in [0.4, 0.5) is 11.4 Å². The number of hydrogen-bond acceptors (Lipinski definition) is 3. The van der Waals surface area contributed by atoms with Gasteiger partial charge >= 0.3 is 0 Å². The Balaban J connectivity index is 2.42. The second kappa shape index (κ2) is 2.96. The standard InChI is InChI=1S/C9H10N2OS/c1-5-9(12)11-7-3-2-6(10)4-8(7)13-5/h2-5H,10H2,1H3,(H,11,12). The predicted molar refractivity (Wildman–Crippen MR) is 54.8 cm³/mol. The Morgan fingerprint density at radius 3 is 3.08 bits per heavy atom. The summed E-state index contributed by atoms with van der Waals surface area (Å²) >= 11 is 1.54. The van der Waals surface area contributed by atoms with Crippen LogP contribution in [-0.2, 0) is 4.79 Å². The van der Waals surface area contributed by atoms with E-state index in [1.807, 2.05) is 19.1 Å². The molecule has 1 unspecified atom stereocenters. The van der Waals surface area contributed by atoms with E-state index in [9.17, 15) is 4.79 Å². The molecule has 4 heteroatoms. The third kappa shape index (κ3) is 1.49. The SMILES string of the molecule is CC1Sc2cc(N)ccc2NC1=O. The normalized spacial score (nSPS) is 20.7. The molecule has 1 aliphatic rings. The zero-order valence-electron chi connectivity index (χ0n) is 7.20. The molecule has 1 aliphatic heterocycles. The minimum atomic E-state index is -0.0331. The van der Waals surface area contributed by atoms with Crippen molar-refractivity contribution < 1.29 is 4.79 Å². The van der Waals surface area contributed by atoms with Crippen molar-refractivity contribution in [1.82, 2.24) is 0 Å². The average molecular weight is 194 g/mol. The molecule has 68 valence electrons. The number of thioether (sulfide) groups is 1. The Labute approximate surface area is 80.7 Å². The van der Waals surface area contributed by atoms with Gasteiger partial charge in [-0.05, 0) is 25.1 Å². The predicted octanol–water partition coefficient (Wildman–Crippen LogP) is 1.70. The molecule has 3 N–H and O–H groups in total. The first-order chi connectivity index (χ1) is 6.16. The minimum absolute atomic E-state index is 0.0331. The fourth-order valence-corrected chi connectivity index (χ4v) is 2.22. The van der Waals surface area contributed by atoms with Crippen molar-refractivity contribution in [1.29, 1.82) is 0 Å². The maximum Gasteiger partial charge on any atom is 0.237 e. The Bertz CT molecular complexity index is 365. The summed E-state index contributed by atoms with van der Waals surface area (Å²) in [7, 11) is 0. The number of hydrogen-bond donors (Lipinski definition) is 2. The summed E-state index contributed by atoms with van der Waals surface area (Å²) in [5, 5.41) is 2.79. The van der Waals surface area contributed by atoms with Crippen LogP contribution in [0, 0.1) is 0 Å². The highest BCUT2D eigenvalue weighted by atomic mass is 32.2. The molecule has 0 saturated carbocycles. The quantitative estimate of drug-likeness (QED) is 0.618. The minimum Gasteiger partial charge on any atom is -0.399 e. The van der Waals surface area contributed by atoms with Gasteiger partial charge in [0.05, 0.1) is 10.9 Å². The summed E-state index contributed by atoms with van der Waals surface area (Å²) in [5.74, 6) is 0.0577. The van der Waals surface area contributed by atoms with E-state index in [-0.39, 0.29) is 11.2 Å². The summed E-state index contributed by atoms with van der Waals surface area (Å²) in [6, 6.07) is 5.51. The Morgan fingerprint density at radius 1 is 1.54 bits per heavy atom. The Morgan fingerprint density at radius 2 is 2.31 bits per heavy atom. The largest absolute Gasteiger partial charge is 0.399 e. The first-order valence-electron chi connectivity index (χ1n) is 4.04. The number of carbonyl (C=O) groups is 1. The highest BCUT2D eigenvalue weighted by Gasteiger charge is 2.22. The van der Waals surface area contributed by atoms with Gasteiger partial charge in [-0.2, -0.15) is 0 Å². The zero-order valence-corrected chi connectivity index (χ0v) is 8.02. The number of fused-ring (bicyclic) bond motifs is 1. The monoisotopic (exact) mass is 194 g/mol. The van der Waals surface area contributed by atoms with Gasteiger partial charge in [0.2, 0.25) is 5.91 Å². The molecule has 0 fully saturated rings. The van der Waals surface area contributed by atoms with Crippen LogP contribution >= 0.6 is 11.8 Å². The summed E-state index contributed by atoms with van der Waals surface area (Å²) in [4.78, 5) is 12.3. The van der Waals surface area contributed by atoms with E-state index in [1.54, 1.807) is 17.8 Å². The van der Waals surface area contributed by atoms with Crippen molar-refractivity contribution in [3.63, 3.8) is 0 Å². The molecule has 1 aromatic carbocycles. The van der Waals surface area contributed by atoms with Crippen molar-refractivity contribution in [3.05, 3.63) is 18.2 Å². The number of nitrogen functional groups attached to an aromatic ring is 1. The molecule has 0 aromatic heterocycles. The van der Waals surface area contributed by atoms with Crippen molar-refractivity contribution in [2.24, 2.45) is 0 Å². The topological polar surface area (TPSA) is 55.1 Å². The van der Waals surface area contributed by atoms with E-state index >= 15 is 0 Å². The van der Waals surface area contributed by atoms with Gasteiger partial charge in [-0.1, -0.05) is 0 Å². The molecular weight excluding hydrogens is 184 g/mol. The molecule has 0 radical (unpaired) electrons. The van der Waals surface area contributed by atoms with Crippen molar-refractivity contribution in [3.8, 4) is 0 Å². The third-order valence-corrected chi connectivity index (χ3v) is 3.10. The lowest BCUT2D eigenvalue weighted by atomic mass is 10.2. The second-order valence-electron chi connectivity index (χ2n) is 3.00. The number of nitrogens with one attached hydrogen (secondary N) is 1. The fraction of sp³-hybridized carbons (Fsp3) is 0.222. The second-order valence-corrected chi connectivity index (χ2v) is 4.39. The maximum atomic E-state index is 11.3. The summed E-state index contributed by atoms with van der Waals surface area (Å²) in [6.07, 6.45) is 0. The summed E-state index contributed by atoms with van der Waals surface area (Å²) in [6.45, 7) is 1.88. The maximum absolute atomic E-state index is 11.3. The lowest BCUT2D eigenvalue weighted by Gasteiger charge is -2.21. The van der Waals surface area contributed by atoms with Gasteiger partial charge in [0.25, 0.3) is 0 Å². The van der Waals surface area contributed by atoms with E-state index < -0.39 is 0 Å². The van der Waals surface area contributed by atoms with Crippen LogP contribution in [0.3, 0.4) is 0 Å². The molecular formula is C9H10N2OS. The molecule has 3 nitrogen and oxygen atoms in total. The molecule has 0 bridgehead atoms. The number of amides is 1. The van der Waals surface area contributed by atoms with E-state index in [0.29, 0.717) is 0 Å². The van der Waals surface area contributed by atoms with Crippen molar-refractivity contribution >= 4 is 29.0 Å². The Hall–Kier alpha value is -1.16. The van der Waals surface area contributed by atoms with Gasteiger partial charge in [-0.15, -0.1) is 11.8 Å². The lowest BCUT2D eigenvalue weighted by molar-refractivity contribution is -0.115. The Kier molecular flexibility index (Phi) is 1.92. The van der Waals surface area contributed by atoms with Gasteiger partial charge < -0.3 is 11.1 Å². The van der Waals surface area contributed by atoms with Crippen molar-refractivity contribution in [2.75, 3.05) is 11.1 Å². The van der Waals surface area contributed by atoms with Crippen LogP contribution in [0.15, 0.2) is 23.1 Å². The smallest absolute Gasteiger partial charge is 0.237 e. The molecule has 1 heterocycles. The fourth-order valence-electron chi connectivity index (χ4n) is 1.22. The highest BCUT2D eigenvalue weighted by molar-refractivity contribution is 8.01. The molecule has 13 heavy (non-hydrogen) atoms. The molecule has 0 saturated heterocycles. The van der Waals surface area contributed by atoms with E-state index in [4.69, 9.17) is 5.73 Å². The van der Waals surface area contributed by atoms with Gasteiger partial charge in [0.1, 0.15) is 0 Å². The van der Waals surface area contributed by atoms with E-state index in [2.05, 4.69) is 5.32 Å². The van der Waals surface area contributed by atoms with E-state index in [1.165, 1.54) is 0 Å². The van der Waals surface area contributed by atoms with Crippen LogP contribution in [0.2, 0.25) is 0 Å². The average Bonchev–Trinajstić information content (AvgIpc) is 2.08. The van der Waals surface area contributed by atoms with E-state index in [0.717, 1.165) is 16.3 Å². The summed E-state index contributed by atoms with van der Waals surface area (Å²) < 4.78 is 0. The molecule has 2 rings (SSSR count). The van der Waals surface area contributed by atoms with Crippen LogP contribution in [-0.4, -0.2) is 11.2 Å². The molecule has 0 spiro atoms. The number of carbonyl (C=O) groups excluding carboxylic acids is 1. The van der Waals surface area contributed by atoms with Gasteiger partial charge in [0.15, 0.2) is 0 Å². The van der Waals surface area contributed by atoms with Crippen LogP contribution in [0.25, 0.3) is 0 Å². The molecule has 1 amide bonds. The van der Waals surface area contributed by atoms with Crippen molar-refractivity contribution in [2.45, 2.75) is 17.1 Å². The molecule has 1 atom stereocenters. The molecule has 0 aliphatic carbocycles. The highest BCUT2D eigenvalue weighted by Crippen LogP contribution is 2.36. The van der Waals surface area contributed by atoms with Gasteiger partial charge in [-0.3, -0.25) is 4.79 Å². The van der Waals surface area contributed by atoms with Gasteiger partial charge in [0, 0.05) is 10.6 Å².